The SMILES string of the molecule is CC(C)N[C@H]1C[C@H]2C(=O)NC[C@@H](Cc3nnc(C4CC4)o3)N2C1. The van der Waals surface area contributed by atoms with Gasteiger partial charge in [-0.2, -0.15) is 0 Å². The van der Waals surface area contributed by atoms with Crippen LogP contribution < -0.4 is 10.6 Å². The van der Waals surface area contributed by atoms with E-state index in [0.29, 0.717) is 36.9 Å². The summed E-state index contributed by atoms with van der Waals surface area (Å²) in [5, 5.41) is 15.0. The Labute approximate surface area is 136 Å². The van der Waals surface area contributed by atoms with Crippen molar-refractivity contribution in [2.45, 2.75) is 69.6 Å². The van der Waals surface area contributed by atoms with Crippen LogP contribution in [0.25, 0.3) is 0 Å². The lowest BCUT2D eigenvalue weighted by molar-refractivity contribution is -0.129. The Morgan fingerprint density at radius 1 is 1.39 bits per heavy atom. The Morgan fingerprint density at radius 3 is 2.96 bits per heavy atom. The molecule has 1 amide bonds. The number of carbonyl (C=O) groups is 1. The van der Waals surface area contributed by atoms with Crippen LogP contribution in [0.1, 0.15) is 50.8 Å². The van der Waals surface area contributed by atoms with E-state index < -0.39 is 0 Å². The number of rotatable bonds is 5. The Kier molecular flexibility index (Phi) is 3.85. The zero-order chi connectivity index (χ0) is 16.0. The van der Waals surface area contributed by atoms with Crippen LogP contribution in [0.15, 0.2) is 4.42 Å². The first-order valence-electron chi connectivity index (χ1n) is 8.72. The van der Waals surface area contributed by atoms with Gasteiger partial charge < -0.3 is 15.1 Å². The van der Waals surface area contributed by atoms with Crippen molar-refractivity contribution in [2.75, 3.05) is 13.1 Å². The summed E-state index contributed by atoms with van der Waals surface area (Å²) in [5.74, 6) is 2.13. The summed E-state index contributed by atoms with van der Waals surface area (Å²) in [6.07, 6.45) is 3.91. The summed E-state index contributed by atoms with van der Waals surface area (Å²) in [6, 6.07) is 1.01. The number of piperazine rings is 1. The number of amides is 1. The number of fused-ring (bicyclic) bond motifs is 1. The molecule has 0 unspecified atom stereocenters. The highest BCUT2D eigenvalue weighted by molar-refractivity contribution is 5.83. The van der Waals surface area contributed by atoms with Gasteiger partial charge >= 0.3 is 0 Å². The average molecular weight is 319 g/mol. The van der Waals surface area contributed by atoms with Crippen LogP contribution in [-0.4, -0.2) is 58.3 Å². The Bertz CT molecular complexity index is 583. The molecule has 0 bridgehead atoms. The second-order valence-corrected chi connectivity index (χ2v) is 7.38. The van der Waals surface area contributed by atoms with Gasteiger partial charge in [0.25, 0.3) is 0 Å². The Balaban J connectivity index is 1.44. The van der Waals surface area contributed by atoms with Crippen molar-refractivity contribution in [3.8, 4) is 0 Å². The third-order valence-corrected chi connectivity index (χ3v) is 5.01. The second-order valence-electron chi connectivity index (χ2n) is 7.38. The first-order valence-corrected chi connectivity index (χ1v) is 8.72. The number of hydrogen-bond acceptors (Lipinski definition) is 6. The lowest BCUT2D eigenvalue weighted by Gasteiger charge is -2.36. The standard InChI is InChI=1S/C16H25N5O2/c1-9(2)18-11-5-13-15(22)17-7-12(21(13)8-11)6-14-19-20-16(23-14)10-3-4-10/h9-13,18H,3-8H2,1-2H3,(H,17,22)/t11-,12+,13-/m0/s1. The zero-order valence-corrected chi connectivity index (χ0v) is 13.8. The van der Waals surface area contributed by atoms with E-state index in [2.05, 4.69) is 39.6 Å². The molecule has 0 aromatic carbocycles. The minimum atomic E-state index is -0.0316. The quantitative estimate of drug-likeness (QED) is 0.819. The normalized spacial score (nSPS) is 31.4. The maximum atomic E-state index is 12.2. The molecular weight excluding hydrogens is 294 g/mol. The fourth-order valence-electron chi connectivity index (χ4n) is 3.80. The van der Waals surface area contributed by atoms with Gasteiger partial charge in [-0.15, -0.1) is 10.2 Å². The maximum absolute atomic E-state index is 12.2. The highest BCUT2D eigenvalue weighted by Crippen LogP contribution is 2.39. The van der Waals surface area contributed by atoms with Crippen molar-refractivity contribution in [3.05, 3.63) is 11.8 Å². The average Bonchev–Trinajstić information content (AvgIpc) is 3.09. The van der Waals surface area contributed by atoms with Crippen LogP contribution in [0.2, 0.25) is 0 Å². The predicted octanol–water partition coefficient (Wildman–Crippen LogP) is 0.429. The van der Waals surface area contributed by atoms with Crippen molar-refractivity contribution in [3.63, 3.8) is 0 Å². The van der Waals surface area contributed by atoms with Gasteiger partial charge in [0.15, 0.2) is 0 Å². The number of nitrogens with zero attached hydrogens (tertiary/aromatic N) is 3. The molecule has 1 saturated carbocycles. The van der Waals surface area contributed by atoms with Crippen molar-refractivity contribution >= 4 is 5.91 Å². The second kappa shape index (κ2) is 5.87. The van der Waals surface area contributed by atoms with E-state index >= 15 is 0 Å². The molecule has 3 atom stereocenters. The summed E-state index contributed by atoms with van der Waals surface area (Å²) in [7, 11) is 0. The lowest BCUT2D eigenvalue weighted by Crippen LogP contribution is -2.58. The highest BCUT2D eigenvalue weighted by Gasteiger charge is 2.44. The fourth-order valence-corrected chi connectivity index (χ4v) is 3.80. The molecule has 2 aliphatic heterocycles. The largest absolute Gasteiger partial charge is 0.425 e. The number of aromatic nitrogens is 2. The topological polar surface area (TPSA) is 83.3 Å². The van der Waals surface area contributed by atoms with Gasteiger partial charge in [0.1, 0.15) is 0 Å². The van der Waals surface area contributed by atoms with Crippen molar-refractivity contribution in [1.29, 1.82) is 0 Å². The third kappa shape index (κ3) is 3.12. The monoisotopic (exact) mass is 319 g/mol. The maximum Gasteiger partial charge on any atom is 0.237 e. The van der Waals surface area contributed by atoms with Crippen LogP contribution >= 0.6 is 0 Å². The highest BCUT2D eigenvalue weighted by atomic mass is 16.4. The summed E-state index contributed by atoms with van der Waals surface area (Å²) in [6.45, 7) is 5.86. The molecule has 23 heavy (non-hydrogen) atoms. The van der Waals surface area contributed by atoms with Crippen LogP contribution in [-0.2, 0) is 11.2 Å². The van der Waals surface area contributed by atoms with Crippen LogP contribution in [0.3, 0.4) is 0 Å². The molecule has 3 fully saturated rings. The minimum absolute atomic E-state index is 0.0316. The van der Waals surface area contributed by atoms with E-state index in [4.69, 9.17) is 4.42 Å². The van der Waals surface area contributed by atoms with Gasteiger partial charge in [-0.25, -0.2) is 0 Å². The van der Waals surface area contributed by atoms with E-state index in [-0.39, 0.29) is 18.0 Å². The molecule has 1 aromatic rings. The lowest BCUT2D eigenvalue weighted by atomic mass is 10.1. The molecule has 2 saturated heterocycles. The van der Waals surface area contributed by atoms with Gasteiger partial charge in [-0.05, 0) is 19.3 Å². The summed E-state index contributed by atoms with van der Waals surface area (Å²) < 4.78 is 5.80. The number of nitrogens with one attached hydrogen (secondary N) is 2. The molecule has 3 heterocycles. The van der Waals surface area contributed by atoms with Gasteiger partial charge in [0, 0.05) is 43.6 Å². The van der Waals surface area contributed by atoms with Crippen molar-refractivity contribution in [2.24, 2.45) is 0 Å². The van der Waals surface area contributed by atoms with E-state index in [1.807, 2.05) is 0 Å². The molecule has 126 valence electrons. The zero-order valence-electron chi connectivity index (χ0n) is 13.8. The van der Waals surface area contributed by atoms with E-state index in [1.54, 1.807) is 0 Å². The number of carbonyl (C=O) groups excluding carboxylic acids is 1. The van der Waals surface area contributed by atoms with Gasteiger partial charge in [0.05, 0.1) is 6.04 Å². The van der Waals surface area contributed by atoms with Gasteiger partial charge in [0.2, 0.25) is 17.7 Å². The van der Waals surface area contributed by atoms with Crippen molar-refractivity contribution < 1.29 is 9.21 Å². The Morgan fingerprint density at radius 2 is 2.22 bits per heavy atom. The molecule has 7 nitrogen and oxygen atoms in total. The van der Waals surface area contributed by atoms with Crippen LogP contribution in [0.4, 0.5) is 0 Å². The molecule has 0 spiro atoms. The fraction of sp³-hybridized carbons (Fsp3) is 0.812. The predicted molar refractivity (Wildman–Crippen MR) is 83.9 cm³/mol. The van der Waals surface area contributed by atoms with E-state index in [1.165, 1.54) is 0 Å². The first-order chi connectivity index (χ1) is 11.1. The van der Waals surface area contributed by atoms with E-state index in [9.17, 15) is 4.79 Å². The number of hydrogen-bond donors (Lipinski definition) is 2. The molecule has 4 rings (SSSR count). The minimum Gasteiger partial charge on any atom is -0.425 e. The summed E-state index contributed by atoms with van der Waals surface area (Å²) in [5.41, 5.74) is 0. The third-order valence-electron chi connectivity index (χ3n) is 5.01. The Hall–Kier alpha value is -1.47. The molecule has 0 radical (unpaired) electrons. The smallest absolute Gasteiger partial charge is 0.237 e. The van der Waals surface area contributed by atoms with E-state index in [0.717, 1.165) is 31.7 Å². The summed E-state index contributed by atoms with van der Waals surface area (Å²) in [4.78, 5) is 14.5. The van der Waals surface area contributed by atoms with Crippen LogP contribution in [0, 0.1) is 0 Å². The molecule has 7 heteroatoms. The first kappa shape index (κ1) is 15.1. The molecule has 3 aliphatic rings. The molecular formula is C16H25N5O2. The molecule has 1 aliphatic carbocycles. The van der Waals surface area contributed by atoms with Crippen LogP contribution in [0.5, 0.6) is 0 Å². The van der Waals surface area contributed by atoms with Gasteiger partial charge in [-0.3, -0.25) is 9.69 Å². The molecule has 1 aromatic heterocycles. The van der Waals surface area contributed by atoms with Gasteiger partial charge in [-0.1, -0.05) is 13.8 Å². The summed E-state index contributed by atoms with van der Waals surface area (Å²) >= 11 is 0. The molecule has 2 N–H and O–H groups in total. The van der Waals surface area contributed by atoms with Crippen molar-refractivity contribution in [1.82, 2.24) is 25.7 Å².